The van der Waals surface area contributed by atoms with Gasteiger partial charge in [0.25, 0.3) is 5.91 Å². The molecule has 2 heterocycles. The van der Waals surface area contributed by atoms with E-state index in [0.29, 0.717) is 35.3 Å². The highest BCUT2D eigenvalue weighted by molar-refractivity contribution is 8.29. The molecule has 174 valence electrons. The third kappa shape index (κ3) is 3.50. The van der Waals surface area contributed by atoms with Crippen molar-refractivity contribution in [3.8, 4) is 6.07 Å². The van der Waals surface area contributed by atoms with Gasteiger partial charge in [0, 0.05) is 23.4 Å². The van der Waals surface area contributed by atoms with Gasteiger partial charge >= 0.3 is 0 Å². The summed E-state index contributed by atoms with van der Waals surface area (Å²) in [6, 6.07) is 11.2. The molecule has 0 aromatic heterocycles. The number of amides is 1. The second-order valence-corrected chi connectivity index (χ2v) is 12.4. The van der Waals surface area contributed by atoms with E-state index in [9.17, 15) is 9.35 Å². The molecular formula is C24H28FN5O2S. The molecule has 5 N–H and O–H groups in total. The van der Waals surface area contributed by atoms with Crippen molar-refractivity contribution >= 4 is 27.9 Å². The molecule has 2 aromatic rings. The molecular weight excluding hydrogens is 441 g/mol. The molecule has 2 aliphatic heterocycles. The Bertz CT molecular complexity index is 1220. The Labute approximate surface area is 194 Å². The van der Waals surface area contributed by atoms with Gasteiger partial charge in [-0.3, -0.25) is 14.5 Å². The Morgan fingerprint density at radius 2 is 2.06 bits per heavy atom. The highest BCUT2D eigenvalue weighted by Gasteiger charge is 2.60. The average molecular weight is 470 g/mol. The molecule has 2 aromatic carbocycles. The Hall–Kier alpha value is -2.93. The van der Waals surface area contributed by atoms with Crippen molar-refractivity contribution in [1.29, 1.82) is 5.26 Å². The van der Waals surface area contributed by atoms with E-state index in [0.717, 1.165) is 0 Å². The van der Waals surface area contributed by atoms with Gasteiger partial charge in [-0.05, 0) is 76.1 Å². The van der Waals surface area contributed by atoms with E-state index in [1.54, 1.807) is 38.1 Å². The molecule has 2 aliphatic rings. The first-order valence-corrected chi connectivity index (χ1v) is 12.4. The molecule has 7 nitrogen and oxygen atoms in total. The molecule has 0 bridgehead atoms. The summed E-state index contributed by atoms with van der Waals surface area (Å²) in [5.74, 6) is -0.567. The van der Waals surface area contributed by atoms with E-state index >= 15 is 4.39 Å². The smallest absolute Gasteiger partial charge is 0.255 e. The number of nitrogens with two attached hydrogens (primary N) is 1. The highest BCUT2D eigenvalue weighted by Crippen LogP contribution is 2.67. The lowest BCUT2D eigenvalue weighted by Crippen LogP contribution is -2.57. The van der Waals surface area contributed by atoms with Crippen molar-refractivity contribution in [2.24, 2.45) is 10.7 Å². The van der Waals surface area contributed by atoms with Crippen molar-refractivity contribution in [1.82, 2.24) is 4.72 Å². The molecule has 4 rings (SSSR count). The number of nitrogens with one attached hydrogen (secondary N) is 2. The first-order valence-electron chi connectivity index (χ1n) is 10.7. The molecule has 0 saturated carbocycles. The second-order valence-electron chi connectivity index (χ2n) is 9.24. The average Bonchev–Trinajstić information content (AvgIpc) is 3.18. The summed E-state index contributed by atoms with van der Waals surface area (Å²) in [6.07, 6.45) is 0.628. The van der Waals surface area contributed by atoms with Gasteiger partial charge in [0.1, 0.15) is 17.2 Å². The fourth-order valence-corrected chi connectivity index (χ4v) is 8.16. The van der Waals surface area contributed by atoms with Gasteiger partial charge in [-0.15, -0.1) is 0 Å². The number of carbonyl (C=O) groups excluding carboxylic acids is 1. The maximum atomic E-state index is 15.2. The van der Waals surface area contributed by atoms with Crippen molar-refractivity contribution in [3.63, 3.8) is 0 Å². The van der Waals surface area contributed by atoms with Crippen molar-refractivity contribution < 1.29 is 13.7 Å². The van der Waals surface area contributed by atoms with Crippen LogP contribution in [0.2, 0.25) is 0 Å². The fraction of sp³-hybridized carbons (Fsp3) is 0.375. The normalized spacial score (nSPS) is 29.8. The monoisotopic (exact) mass is 469 g/mol. The maximum absolute atomic E-state index is 15.2. The number of fused-ring (bicyclic) bond motifs is 1. The number of hydrogen-bond donors (Lipinski definition) is 4. The number of nitrogens with zero attached hydrogens (tertiary/aromatic N) is 2. The Kier molecular flexibility index (Phi) is 5.52. The van der Waals surface area contributed by atoms with Gasteiger partial charge < -0.3 is 15.6 Å². The van der Waals surface area contributed by atoms with E-state index in [4.69, 9.17) is 16.0 Å². The van der Waals surface area contributed by atoms with Gasteiger partial charge in [-0.25, -0.2) is 4.39 Å². The summed E-state index contributed by atoms with van der Waals surface area (Å²) in [5, 5.41) is 11.5. The van der Waals surface area contributed by atoms with Crippen LogP contribution in [-0.4, -0.2) is 32.8 Å². The first-order chi connectivity index (χ1) is 15.4. The topological polar surface area (TPSA) is 124 Å². The van der Waals surface area contributed by atoms with Crippen LogP contribution in [-0.2, 0) is 5.54 Å². The number of amidine groups is 1. The Morgan fingerprint density at radius 3 is 2.73 bits per heavy atom. The van der Waals surface area contributed by atoms with Crippen LogP contribution in [0.25, 0.3) is 0 Å². The van der Waals surface area contributed by atoms with Gasteiger partial charge in [-0.2, -0.15) is 5.26 Å². The SMILES string of the molecule is Cc1cc(C#N)ccc1C(=O)Nc1ccc(F)c([C@@]2(C)N=C(N)C(C)(C)S3(O)NCC[C@@H]23)c1. The Balaban J connectivity index is 1.73. The van der Waals surface area contributed by atoms with Crippen molar-refractivity contribution in [3.05, 3.63) is 64.5 Å². The predicted molar refractivity (Wildman–Crippen MR) is 130 cm³/mol. The number of benzene rings is 2. The summed E-state index contributed by atoms with van der Waals surface area (Å²) in [6.45, 7) is 7.86. The van der Waals surface area contributed by atoms with E-state index in [1.807, 2.05) is 19.9 Å². The number of hydrogen-bond acceptors (Lipinski definition) is 6. The van der Waals surface area contributed by atoms with Crippen LogP contribution in [0.3, 0.4) is 0 Å². The van der Waals surface area contributed by atoms with Gasteiger partial charge in [0.2, 0.25) is 0 Å². The molecule has 1 fully saturated rings. The molecule has 0 radical (unpaired) electrons. The number of aliphatic imine (C=N–C) groups is 1. The lowest BCUT2D eigenvalue weighted by molar-refractivity contribution is 0.102. The standard InChI is InChI=1S/C24H28FN5O2S/c1-14-11-15(13-26)5-7-17(14)21(31)29-16-6-8-19(25)18(12-16)24(4)20-9-10-28-33(20,32)23(2,3)22(27)30-24/h5-8,11-12,20,28,32H,9-10H2,1-4H3,(H2,27,30)(H,29,31)/t20-,24+/m0/s1. The van der Waals surface area contributed by atoms with Crippen LogP contribution in [0, 0.1) is 24.1 Å². The molecule has 0 spiro atoms. The zero-order chi connectivity index (χ0) is 24.2. The number of anilines is 1. The van der Waals surface area contributed by atoms with E-state index < -0.39 is 26.6 Å². The van der Waals surface area contributed by atoms with Gasteiger partial charge in [0.15, 0.2) is 0 Å². The summed E-state index contributed by atoms with van der Waals surface area (Å²) in [5.41, 5.74) is 7.45. The number of nitriles is 1. The Morgan fingerprint density at radius 1 is 1.33 bits per heavy atom. The van der Waals surface area contributed by atoms with Crippen LogP contribution in [0.1, 0.15) is 54.2 Å². The maximum Gasteiger partial charge on any atom is 0.255 e. The van der Waals surface area contributed by atoms with Crippen molar-refractivity contribution in [2.75, 3.05) is 11.9 Å². The van der Waals surface area contributed by atoms with E-state index in [1.165, 1.54) is 12.1 Å². The summed E-state index contributed by atoms with van der Waals surface area (Å²) < 4.78 is 29.3. The fourth-order valence-electron chi connectivity index (χ4n) is 4.79. The molecule has 9 heteroatoms. The predicted octanol–water partition coefficient (Wildman–Crippen LogP) is 4.18. The molecule has 33 heavy (non-hydrogen) atoms. The van der Waals surface area contributed by atoms with E-state index in [-0.39, 0.29) is 22.6 Å². The number of carbonyl (C=O) groups is 1. The largest absolute Gasteiger partial charge is 0.386 e. The minimum Gasteiger partial charge on any atom is -0.386 e. The number of rotatable bonds is 3. The van der Waals surface area contributed by atoms with Crippen LogP contribution in [0.5, 0.6) is 0 Å². The molecule has 1 saturated heterocycles. The first kappa shape index (κ1) is 23.2. The van der Waals surface area contributed by atoms with Crippen molar-refractivity contribution in [2.45, 2.75) is 49.7 Å². The lowest BCUT2D eigenvalue weighted by atomic mass is 9.85. The third-order valence-electron chi connectivity index (χ3n) is 6.88. The zero-order valence-corrected chi connectivity index (χ0v) is 19.9. The number of halogens is 1. The minimum atomic E-state index is -2.42. The second kappa shape index (κ2) is 7.83. The molecule has 1 unspecified atom stereocenters. The lowest BCUT2D eigenvalue weighted by Gasteiger charge is -2.56. The summed E-state index contributed by atoms with van der Waals surface area (Å²) in [7, 11) is -2.42. The minimum absolute atomic E-state index is 0.273. The summed E-state index contributed by atoms with van der Waals surface area (Å²) in [4.78, 5) is 17.6. The van der Waals surface area contributed by atoms with E-state index in [2.05, 4.69) is 10.0 Å². The van der Waals surface area contributed by atoms with Crippen LogP contribution in [0.4, 0.5) is 10.1 Å². The highest BCUT2D eigenvalue weighted by atomic mass is 32.3. The van der Waals surface area contributed by atoms with Crippen LogP contribution >= 0.6 is 10.5 Å². The van der Waals surface area contributed by atoms with Gasteiger partial charge in [-0.1, -0.05) is 10.5 Å². The third-order valence-corrected chi connectivity index (χ3v) is 10.8. The summed E-state index contributed by atoms with van der Waals surface area (Å²) >= 11 is 0. The quantitative estimate of drug-likeness (QED) is 0.537. The van der Waals surface area contributed by atoms with Crippen LogP contribution < -0.4 is 15.8 Å². The van der Waals surface area contributed by atoms with Gasteiger partial charge in [0.05, 0.1) is 21.6 Å². The number of aryl methyl sites for hydroxylation is 1. The molecule has 3 atom stereocenters. The van der Waals surface area contributed by atoms with Crippen LogP contribution in [0.15, 0.2) is 41.4 Å². The molecule has 1 amide bonds. The molecule has 0 aliphatic carbocycles. The zero-order valence-electron chi connectivity index (χ0n) is 19.1.